The lowest BCUT2D eigenvalue weighted by atomic mass is 10.0. The maximum atomic E-state index is 11.8. The third kappa shape index (κ3) is 7.95. The molecular formula is C27H30N2O9. The fourth-order valence-electron chi connectivity index (χ4n) is 3.92. The number of aliphatic hydroxyl groups excluding tert-OH is 2. The van der Waals surface area contributed by atoms with E-state index in [2.05, 4.69) is 0 Å². The van der Waals surface area contributed by atoms with Crippen LogP contribution in [0.3, 0.4) is 0 Å². The average molecular weight is 527 g/mol. The van der Waals surface area contributed by atoms with E-state index in [4.69, 9.17) is 14.6 Å². The van der Waals surface area contributed by atoms with Gasteiger partial charge in [-0.25, -0.2) is 19.4 Å². The molecule has 0 bridgehead atoms. The number of carbonyl (C=O) groups excluding carboxylic acids is 5. The smallest absolute Gasteiger partial charge is 0.416 e. The predicted octanol–water partition coefficient (Wildman–Crippen LogP) is 1.90. The number of imide groups is 2. The molecule has 11 nitrogen and oxygen atoms in total. The SMILES string of the molecule is O=C1C[C@H]([C@H](O)CO)CN1C(=O)OCc1ccccc1.O=C[C@H]1CC(=O)N(C(=O)OCc2ccccc2)C1. The van der Waals surface area contributed by atoms with Crippen LogP contribution < -0.4 is 0 Å². The highest BCUT2D eigenvalue weighted by Crippen LogP contribution is 2.22. The molecule has 0 saturated carbocycles. The van der Waals surface area contributed by atoms with E-state index in [1.54, 1.807) is 0 Å². The molecule has 2 fully saturated rings. The molecule has 2 aromatic carbocycles. The summed E-state index contributed by atoms with van der Waals surface area (Å²) in [6.45, 7) is -0.0130. The topological polar surface area (TPSA) is 151 Å². The van der Waals surface area contributed by atoms with Crippen LogP contribution in [-0.2, 0) is 37.1 Å². The summed E-state index contributed by atoms with van der Waals surface area (Å²) in [6.07, 6.45) is -1.57. The van der Waals surface area contributed by atoms with E-state index in [0.717, 1.165) is 20.9 Å². The molecule has 2 heterocycles. The zero-order valence-electron chi connectivity index (χ0n) is 20.7. The van der Waals surface area contributed by atoms with E-state index in [1.807, 2.05) is 60.7 Å². The van der Waals surface area contributed by atoms with Crippen molar-refractivity contribution in [3.05, 3.63) is 71.8 Å². The minimum absolute atomic E-state index is 0.0438. The number of hydrogen-bond acceptors (Lipinski definition) is 9. The normalized spacial score (nSPS) is 19.4. The van der Waals surface area contributed by atoms with Gasteiger partial charge in [0.25, 0.3) is 0 Å². The maximum Gasteiger partial charge on any atom is 0.416 e. The van der Waals surface area contributed by atoms with Crippen molar-refractivity contribution < 1.29 is 43.7 Å². The highest BCUT2D eigenvalue weighted by atomic mass is 16.6. The molecule has 2 aliphatic rings. The van der Waals surface area contributed by atoms with Crippen molar-refractivity contribution in [3.63, 3.8) is 0 Å². The molecule has 4 amide bonds. The highest BCUT2D eigenvalue weighted by molar-refractivity contribution is 5.95. The Kier molecular flexibility index (Phi) is 10.5. The van der Waals surface area contributed by atoms with Crippen LogP contribution in [0.2, 0.25) is 0 Å². The van der Waals surface area contributed by atoms with Crippen LogP contribution >= 0.6 is 0 Å². The number of amides is 4. The van der Waals surface area contributed by atoms with Crippen LogP contribution in [0.5, 0.6) is 0 Å². The molecule has 4 rings (SSSR count). The minimum Gasteiger partial charge on any atom is -0.444 e. The fourth-order valence-corrected chi connectivity index (χ4v) is 3.92. The van der Waals surface area contributed by atoms with E-state index in [1.165, 1.54) is 0 Å². The second-order valence-electron chi connectivity index (χ2n) is 8.90. The lowest BCUT2D eigenvalue weighted by Crippen LogP contribution is -2.34. The van der Waals surface area contributed by atoms with Crippen LogP contribution in [-0.4, -0.2) is 76.1 Å². The van der Waals surface area contributed by atoms with Crippen molar-refractivity contribution in [2.24, 2.45) is 11.8 Å². The second kappa shape index (κ2) is 14.0. The summed E-state index contributed by atoms with van der Waals surface area (Å²) in [5, 5.41) is 18.4. The van der Waals surface area contributed by atoms with Crippen LogP contribution in [0.4, 0.5) is 9.59 Å². The van der Waals surface area contributed by atoms with Gasteiger partial charge in [-0.3, -0.25) is 9.59 Å². The average Bonchev–Trinajstić information content (AvgIpc) is 3.53. The van der Waals surface area contributed by atoms with Gasteiger partial charge in [0.15, 0.2) is 0 Å². The van der Waals surface area contributed by atoms with Crippen molar-refractivity contribution >= 4 is 30.3 Å². The van der Waals surface area contributed by atoms with Gasteiger partial charge in [-0.2, -0.15) is 0 Å². The maximum absolute atomic E-state index is 11.8. The second-order valence-corrected chi connectivity index (χ2v) is 8.90. The number of aldehydes is 1. The predicted molar refractivity (Wildman–Crippen MR) is 132 cm³/mol. The van der Waals surface area contributed by atoms with E-state index < -0.39 is 36.7 Å². The van der Waals surface area contributed by atoms with Gasteiger partial charge < -0.3 is 24.5 Å². The molecule has 2 aromatic rings. The summed E-state index contributed by atoms with van der Waals surface area (Å²) in [5.41, 5.74) is 1.68. The molecule has 0 aromatic heterocycles. The number of ether oxygens (including phenoxy) is 2. The number of likely N-dealkylation sites (tertiary alicyclic amines) is 2. The molecule has 2 saturated heterocycles. The summed E-state index contributed by atoms with van der Waals surface area (Å²) in [5.74, 6) is -1.58. The number of rotatable bonds is 7. The van der Waals surface area contributed by atoms with Crippen molar-refractivity contribution in [1.29, 1.82) is 0 Å². The van der Waals surface area contributed by atoms with E-state index in [9.17, 15) is 29.1 Å². The van der Waals surface area contributed by atoms with E-state index in [0.29, 0.717) is 6.29 Å². The Morgan fingerprint density at radius 2 is 1.32 bits per heavy atom. The lowest BCUT2D eigenvalue weighted by molar-refractivity contribution is -0.127. The monoisotopic (exact) mass is 526 g/mol. The van der Waals surface area contributed by atoms with Gasteiger partial charge >= 0.3 is 12.2 Å². The Morgan fingerprint density at radius 1 is 0.842 bits per heavy atom. The van der Waals surface area contributed by atoms with Gasteiger partial charge in [0.05, 0.1) is 12.7 Å². The minimum atomic E-state index is -0.995. The van der Waals surface area contributed by atoms with E-state index >= 15 is 0 Å². The van der Waals surface area contributed by atoms with Crippen LogP contribution in [0.25, 0.3) is 0 Å². The third-order valence-electron chi connectivity index (χ3n) is 6.08. The fraction of sp³-hybridized carbons (Fsp3) is 0.370. The molecule has 202 valence electrons. The van der Waals surface area contributed by atoms with Crippen LogP contribution in [0.1, 0.15) is 24.0 Å². The lowest BCUT2D eigenvalue weighted by Gasteiger charge is -2.16. The zero-order chi connectivity index (χ0) is 27.5. The quantitative estimate of drug-likeness (QED) is 0.516. The molecule has 38 heavy (non-hydrogen) atoms. The first-order chi connectivity index (χ1) is 18.3. The van der Waals surface area contributed by atoms with Gasteiger partial charge in [0.2, 0.25) is 11.8 Å². The Morgan fingerprint density at radius 3 is 1.76 bits per heavy atom. The Hall–Kier alpha value is -4.09. The standard InChI is InChI=1S/C14H17NO5.C13H13NO4/c16-8-12(17)11-6-13(18)15(7-11)14(19)20-9-10-4-2-1-3-5-10;15-8-11-6-12(16)14(7-11)13(17)18-9-10-4-2-1-3-5-10/h1-5,11-12,16-17H,6-9H2;1-5,8,11H,6-7,9H2/t11-,12+;11-/m00/s1. The molecule has 2 aliphatic heterocycles. The van der Waals surface area contributed by atoms with E-state index in [-0.39, 0.29) is 51.0 Å². The summed E-state index contributed by atoms with van der Waals surface area (Å²) < 4.78 is 10.1. The summed E-state index contributed by atoms with van der Waals surface area (Å²) >= 11 is 0. The Labute approximate surface area is 219 Å². The molecule has 3 atom stereocenters. The molecule has 0 spiro atoms. The van der Waals surface area contributed by atoms with Gasteiger partial charge in [0.1, 0.15) is 19.5 Å². The Bertz CT molecular complexity index is 1110. The number of nitrogens with zero attached hydrogens (tertiary/aromatic N) is 2. The van der Waals surface area contributed by atoms with Gasteiger partial charge in [0, 0.05) is 37.8 Å². The summed E-state index contributed by atoms with van der Waals surface area (Å²) in [4.78, 5) is 59.2. The first-order valence-corrected chi connectivity index (χ1v) is 12.1. The number of aliphatic hydroxyl groups is 2. The largest absolute Gasteiger partial charge is 0.444 e. The number of hydrogen-bond donors (Lipinski definition) is 2. The number of carbonyl (C=O) groups is 5. The highest BCUT2D eigenvalue weighted by Gasteiger charge is 2.38. The molecule has 0 radical (unpaired) electrons. The molecule has 11 heteroatoms. The van der Waals surface area contributed by atoms with Gasteiger partial charge in [-0.1, -0.05) is 60.7 Å². The molecule has 0 aliphatic carbocycles. The van der Waals surface area contributed by atoms with Gasteiger partial charge in [-0.15, -0.1) is 0 Å². The summed E-state index contributed by atoms with van der Waals surface area (Å²) in [6, 6.07) is 18.4. The summed E-state index contributed by atoms with van der Waals surface area (Å²) in [7, 11) is 0. The van der Waals surface area contributed by atoms with Crippen molar-refractivity contribution in [2.75, 3.05) is 19.7 Å². The molecule has 2 N–H and O–H groups in total. The zero-order valence-corrected chi connectivity index (χ0v) is 20.7. The van der Waals surface area contributed by atoms with Crippen molar-refractivity contribution in [3.8, 4) is 0 Å². The molecule has 0 unspecified atom stereocenters. The van der Waals surface area contributed by atoms with Crippen molar-refractivity contribution in [2.45, 2.75) is 32.2 Å². The Balaban J connectivity index is 0.000000212. The van der Waals surface area contributed by atoms with Gasteiger partial charge in [-0.05, 0) is 11.1 Å². The van der Waals surface area contributed by atoms with Crippen LogP contribution in [0, 0.1) is 11.8 Å². The third-order valence-corrected chi connectivity index (χ3v) is 6.08. The van der Waals surface area contributed by atoms with Crippen molar-refractivity contribution in [1.82, 2.24) is 9.80 Å². The van der Waals surface area contributed by atoms with Crippen LogP contribution in [0.15, 0.2) is 60.7 Å². The number of benzene rings is 2. The first kappa shape index (κ1) is 28.5. The molecular weight excluding hydrogens is 496 g/mol. The first-order valence-electron chi connectivity index (χ1n) is 12.1.